The minimum atomic E-state index is -0.210. The third-order valence-electron chi connectivity index (χ3n) is 4.13. The van der Waals surface area contributed by atoms with E-state index in [9.17, 15) is 4.39 Å². The van der Waals surface area contributed by atoms with Gasteiger partial charge in [-0.3, -0.25) is 4.99 Å². The predicted octanol–water partition coefficient (Wildman–Crippen LogP) is 3.05. The fourth-order valence-electron chi connectivity index (χ4n) is 2.72. The van der Waals surface area contributed by atoms with E-state index in [1.165, 1.54) is 6.07 Å². The van der Waals surface area contributed by atoms with Crippen LogP contribution in [0.3, 0.4) is 0 Å². The van der Waals surface area contributed by atoms with Crippen molar-refractivity contribution in [3.05, 3.63) is 35.6 Å². The van der Waals surface area contributed by atoms with E-state index in [2.05, 4.69) is 24.2 Å². The second-order valence-corrected chi connectivity index (χ2v) is 6.38. The Bertz CT molecular complexity index is 516. The van der Waals surface area contributed by atoms with E-state index in [-0.39, 0.29) is 35.2 Å². The molecule has 1 aliphatic rings. The van der Waals surface area contributed by atoms with Crippen molar-refractivity contribution in [1.29, 1.82) is 0 Å². The molecule has 0 saturated carbocycles. The lowest BCUT2D eigenvalue weighted by molar-refractivity contribution is 0.0530. The fourth-order valence-corrected chi connectivity index (χ4v) is 2.72. The summed E-state index contributed by atoms with van der Waals surface area (Å²) < 4.78 is 19.1. The van der Waals surface area contributed by atoms with Crippen LogP contribution in [0.2, 0.25) is 0 Å². The molecule has 1 fully saturated rings. The van der Waals surface area contributed by atoms with Gasteiger partial charge in [0.2, 0.25) is 0 Å². The monoisotopic (exact) mass is 435 g/mol. The van der Waals surface area contributed by atoms with Gasteiger partial charge in [-0.2, -0.15) is 0 Å². The van der Waals surface area contributed by atoms with Gasteiger partial charge in [0, 0.05) is 25.2 Å². The molecule has 3 N–H and O–H groups in total. The third-order valence-corrected chi connectivity index (χ3v) is 4.13. The quantitative estimate of drug-likeness (QED) is 0.425. The normalized spacial score (nSPS) is 17.7. The van der Waals surface area contributed by atoms with E-state index in [0.717, 1.165) is 24.9 Å². The Balaban J connectivity index is 0.00000264. The van der Waals surface area contributed by atoms with Crippen LogP contribution in [-0.2, 0) is 10.2 Å². The molecule has 4 nitrogen and oxygen atoms in total. The number of halogens is 2. The Labute approximate surface area is 155 Å². The summed E-state index contributed by atoms with van der Waals surface area (Å²) in [7, 11) is 0. The van der Waals surface area contributed by atoms with E-state index in [1.807, 2.05) is 6.07 Å². The van der Waals surface area contributed by atoms with Gasteiger partial charge in [0.1, 0.15) is 5.82 Å². The number of rotatable bonds is 5. The van der Waals surface area contributed by atoms with Gasteiger partial charge >= 0.3 is 0 Å². The highest BCUT2D eigenvalue weighted by atomic mass is 127. The van der Waals surface area contributed by atoms with E-state index in [4.69, 9.17) is 10.5 Å². The summed E-state index contributed by atoms with van der Waals surface area (Å²) >= 11 is 0. The SMILES string of the molecule is CC(C)CNC(N)=NCC1(c2cccc(F)c2)CCOCC1.I. The van der Waals surface area contributed by atoms with Gasteiger partial charge in [-0.1, -0.05) is 26.0 Å². The van der Waals surface area contributed by atoms with Crippen molar-refractivity contribution in [2.45, 2.75) is 32.1 Å². The lowest BCUT2D eigenvalue weighted by atomic mass is 9.74. The first-order chi connectivity index (χ1) is 10.5. The second kappa shape index (κ2) is 9.42. The Morgan fingerprint density at radius 3 is 2.70 bits per heavy atom. The maximum atomic E-state index is 13.6. The van der Waals surface area contributed by atoms with Gasteiger partial charge in [0.05, 0.1) is 6.54 Å². The Morgan fingerprint density at radius 2 is 2.09 bits per heavy atom. The summed E-state index contributed by atoms with van der Waals surface area (Å²) in [5.74, 6) is 0.753. The van der Waals surface area contributed by atoms with E-state index in [1.54, 1.807) is 12.1 Å². The minimum Gasteiger partial charge on any atom is -0.381 e. The van der Waals surface area contributed by atoms with Crippen LogP contribution in [0.1, 0.15) is 32.3 Å². The number of hydrogen-bond acceptors (Lipinski definition) is 2. The molecule has 0 aliphatic carbocycles. The molecule has 0 unspecified atom stereocenters. The standard InChI is InChI=1S/C17H26FN3O.HI/c1-13(2)11-20-16(19)21-12-17(6-8-22-9-7-17)14-4-3-5-15(18)10-14;/h3-5,10,13H,6-9,11-12H2,1-2H3,(H3,19,20,21);1H. The summed E-state index contributed by atoms with van der Waals surface area (Å²) in [6.45, 7) is 6.93. The topological polar surface area (TPSA) is 59.6 Å². The Kier molecular flexibility index (Phi) is 8.25. The van der Waals surface area contributed by atoms with E-state index >= 15 is 0 Å². The van der Waals surface area contributed by atoms with Gasteiger partial charge < -0.3 is 15.8 Å². The molecule has 0 bridgehead atoms. The number of nitrogens with one attached hydrogen (secondary N) is 1. The van der Waals surface area contributed by atoms with Crippen LogP contribution in [0, 0.1) is 11.7 Å². The van der Waals surface area contributed by atoms with E-state index in [0.29, 0.717) is 31.6 Å². The molecule has 23 heavy (non-hydrogen) atoms. The van der Waals surface area contributed by atoms with Crippen LogP contribution in [0.5, 0.6) is 0 Å². The van der Waals surface area contributed by atoms with Gasteiger partial charge in [0.15, 0.2) is 5.96 Å². The third kappa shape index (κ3) is 5.91. The van der Waals surface area contributed by atoms with Crippen molar-refractivity contribution in [2.75, 3.05) is 26.3 Å². The molecule has 1 aliphatic heterocycles. The Hall–Kier alpha value is -0.890. The van der Waals surface area contributed by atoms with Crippen molar-refractivity contribution in [1.82, 2.24) is 5.32 Å². The molecule has 0 radical (unpaired) electrons. The number of ether oxygens (including phenoxy) is 1. The van der Waals surface area contributed by atoms with Crippen LogP contribution in [0.4, 0.5) is 4.39 Å². The maximum Gasteiger partial charge on any atom is 0.188 e. The fraction of sp³-hybridized carbons (Fsp3) is 0.588. The highest BCUT2D eigenvalue weighted by Gasteiger charge is 2.34. The molecule has 2 rings (SSSR count). The molecule has 0 spiro atoms. The summed E-state index contributed by atoms with van der Waals surface area (Å²) in [5.41, 5.74) is 6.73. The van der Waals surface area contributed by atoms with Crippen LogP contribution >= 0.6 is 24.0 Å². The second-order valence-electron chi connectivity index (χ2n) is 6.38. The van der Waals surface area contributed by atoms with Gasteiger partial charge in [-0.25, -0.2) is 4.39 Å². The zero-order valence-electron chi connectivity index (χ0n) is 13.8. The molecule has 1 saturated heterocycles. The number of aliphatic imine (C=N–C) groups is 1. The first-order valence-corrected chi connectivity index (χ1v) is 7.89. The van der Waals surface area contributed by atoms with Crippen LogP contribution in [0.15, 0.2) is 29.3 Å². The summed E-state index contributed by atoms with van der Waals surface area (Å²) in [5, 5.41) is 3.12. The van der Waals surface area contributed by atoms with Crippen molar-refractivity contribution >= 4 is 29.9 Å². The number of nitrogens with two attached hydrogens (primary N) is 1. The predicted molar refractivity (Wildman–Crippen MR) is 103 cm³/mol. The number of hydrogen-bond donors (Lipinski definition) is 2. The molecule has 0 amide bonds. The zero-order chi connectivity index (χ0) is 16.0. The Morgan fingerprint density at radius 1 is 1.39 bits per heavy atom. The first-order valence-electron chi connectivity index (χ1n) is 7.89. The van der Waals surface area contributed by atoms with Crippen LogP contribution in [-0.4, -0.2) is 32.3 Å². The average molecular weight is 435 g/mol. The van der Waals surface area contributed by atoms with Gasteiger partial charge in [0.25, 0.3) is 0 Å². The lowest BCUT2D eigenvalue weighted by Crippen LogP contribution is -2.40. The molecule has 130 valence electrons. The first kappa shape index (κ1) is 20.2. The number of benzene rings is 1. The van der Waals surface area contributed by atoms with Crippen molar-refractivity contribution in [3.63, 3.8) is 0 Å². The number of nitrogens with zero attached hydrogens (tertiary/aromatic N) is 1. The molecule has 1 aromatic carbocycles. The lowest BCUT2D eigenvalue weighted by Gasteiger charge is -2.36. The highest BCUT2D eigenvalue weighted by Crippen LogP contribution is 2.35. The summed E-state index contributed by atoms with van der Waals surface area (Å²) in [6, 6.07) is 6.81. The molecular formula is C17H27FIN3O. The molecule has 0 atom stereocenters. The van der Waals surface area contributed by atoms with E-state index < -0.39 is 0 Å². The molecule has 1 heterocycles. The van der Waals surface area contributed by atoms with Crippen molar-refractivity contribution in [2.24, 2.45) is 16.6 Å². The highest BCUT2D eigenvalue weighted by molar-refractivity contribution is 14.0. The average Bonchev–Trinajstić information content (AvgIpc) is 2.52. The summed E-state index contributed by atoms with van der Waals surface area (Å²) in [6.07, 6.45) is 1.66. The van der Waals surface area contributed by atoms with Gasteiger partial charge in [-0.05, 0) is 36.5 Å². The molecule has 0 aromatic heterocycles. The molecule has 1 aromatic rings. The van der Waals surface area contributed by atoms with Crippen molar-refractivity contribution in [3.8, 4) is 0 Å². The summed E-state index contributed by atoms with van der Waals surface area (Å²) in [4.78, 5) is 4.50. The van der Waals surface area contributed by atoms with Crippen LogP contribution in [0.25, 0.3) is 0 Å². The largest absolute Gasteiger partial charge is 0.381 e. The zero-order valence-corrected chi connectivity index (χ0v) is 16.2. The minimum absolute atomic E-state index is 0. The maximum absolute atomic E-state index is 13.6. The molecule has 6 heteroatoms. The van der Waals surface area contributed by atoms with Crippen LogP contribution < -0.4 is 11.1 Å². The molecular weight excluding hydrogens is 408 g/mol. The smallest absolute Gasteiger partial charge is 0.188 e. The van der Waals surface area contributed by atoms with Crippen molar-refractivity contribution < 1.29 is 9.13 Å². The number of guanidine groups is 1. The van der Waals surface area contributed by atoms with Gasteiger partial charge in [-0.15, -0.1) is 24.0 Å².